The summed E-state index contributed by atoms with van der Waals surface area (Å²) in [5.41, 5.74) is 6.84. The highest BCUT2D eigenvalue weighted by molar-refractivity contribution is 7.99. The molecule has 7 nitrogen and oxygen atoms in total. The Balaban J connectivity index is 1.66. The average molecular weight is 325 g/mol. The van der Waals surface area contributed by atoms with Crippen LogP contribution in [0.1, 0.15) is 25.5 Å². The van der Waals surface area contributed by atoms with Crippen molar-refractivity contribution < 1.29 is 19.3 Å². The van der Waals surface area contributed by atoms with Gasteiger partial charge < -0.3 is 25.1 Å². The van der Waals surface area contributed by atoms with Gasteiger partial charge in [-0.15, -0.1) is 11.8 Å². The average Bonchev–Trinajstić information content (AvgIpc) is 3.10. The van der Waals surface area contributed by atoms with Gasteiger partial charge in [-0.1, -0.05) is 0 Å². The summed E-state index contributed by atoms with van der Waals surface area (Å²) in [5.74, 6) is 0.722. The lowest BCUT2D eigenvalue weighted by atomic mass is 9.94. The molecule has 1 aromatic heterocycles. The first kappa shape index (κ1) is 14.6. The summed E-state index contributed by atoms with van der Waals surface area (Å²) in [6.45, 7) is 3.68. The smallest absolute Gasteiger partial charge is 0.164 e. The summed E-state index contributed by atoms with van der Waals surface area (Å²) in [7, 11) is 0. The van der Waals surface area contributed by atoms with Crippen molar-refractivity contribution in [3.63, 3.8) is 0 Å². The van der Waals surface area contributed by atoms with Crippen molar-refractivity contribution in [3.05, 3.63) is 12.0 Å². The van der Waals surface area contributed by atoms with Gasteiger partial charge in [0.2, 0.25) is 0 Å². The highest BCUT2D eigenvalue weighted by Gasteiger charge is 2.57. The fraction of sp³-hybridized carbons (Fsp3) is 0.714. The summed E-state index contributed by atoms with van der Waals surface area (Å²) in [6, 6.07) is 0. The Morgan fingerprint density at radius 2 is 2.09 bits per heavy atom. The number of rotatable bonds is 2. The predicted octanol–water partition coefficient (Wildman–Crippen LogP) is 0.528. The van der Waals surface area contributed by atoms with Gasteiger partial charge in [-0.2, -0.15) is 0 Å². The van der Waals surface area contributed by atoms with E-state index in [0.29, 0.717) is 5.82 Å². The van der Waals surface area contributed by atoms with Crippen molar-refractivity contribution >= 4 is 17.6 Å². The summed E-state index contributed by atoms with van der Waals surface area (Å²) < 4.78 is 18.0. The van der Waals surface area contributed by atoms with Gasteiger partial charge in [0.15, 0.2) is 5.79 Å². The Kier molecular flexibility index (Phi) is 3.35. The molecule has 8 heteroatoms. The third-order valence-electron chi connectivity index (χ3n) is 4.38. The third kappa shape index (κ3) is 2.13. The van der Waals surface area contributed by atoms with Gasteiger partial charge in [-0.25, -0.2) is 9.97 Å². The summed E-state index contributed by atoms with van der Waals surface area (Å²) in [4.78, 5) is 9.37. The van der Waals surface area contributed by atoms with Crippen molar-refractivity contribution in [2.75, 3.05) is 18.1 Å². The van der Waals surface area contributed by atoms with E-state index in [-0.39, 0.29) is 36.9 Å². The number of aromatic nitrogens is 2. The number of aliphatic hydroxyl groups is 1. The quantitative estimate of drug-likeness (QED) is 0.812. The maximum Gasteiger partial charge on any atom is 0.164 e. The van der Waals surface area contributed by atoms with Gasteiger partial charge in [-0.3, -0.25) is 0 Å². The first-order valence-corrected chi connectivity index (χ1v) is 8.34. The Morgan fingerprint density at radius 3 is 2.86 bits per heavy atom. The Bertz CT molecular complexity index is 599. The molecule has 22 heavy (non-hydrogen) atoms. The molecule has 4 rings (SSSR count). The number of nitrogen functional groups attached to an aromatic ring is 1. The Labute approximate surface area is 132 Å². The van der Waals surface area contributed by atoms with Crippen molar-refractivity contribution in [1.29, 1.82) is 0 Å². The van der Waals surface area contributed by atoms with E-state index in [1.807, 2.05) is 13.8 Å². The lowest BCUT2D eigenvalue weighted by Gasteiger charge is -2.26. The van der Waals surface area contributed by atoms with E-state index in [9.17, 15) is 5.11 Å². The van der Waals surface area contributed by atoms with E-state index in [4.69, 9.17) is 19.9 Å². The molecular weight excluding hydrogens is 306 g/mol. The minimum atomic E-state index is -0.663. The number of anilines is 1. The molecular formula is C14H19N3O4S. The number of fused-ring (bicyclic) bond motifs is 2. The lowest BCUT2D eigenvalue weighted by Crippen LogP contribution is -2.34. The summed E-state index contributed by atoms with van der Waals surface area (Å²) in [5, 5.41) is 9.57. The van der Waals surface area contributed by atoms with Crippen LogP contribution < -0.4 is 5.73 Å². The predicted molar refractivity (Wildman–Crippen MR) is 79.5 cm³/mol. The second-order valence-corrected chi connectivity index (χ2v) is 7.31. The minimum Gasteiger partial charge on any atom is -0.394 e. The molecule has 2 saturated heterocycles. The van der Waals surface area contributed by atoms with Gasteiger partial charge in [-0.05, 0) is 13.8 Å². The molecule has 120 valence electrons. The van der Waals surface area contributed by atoms with E-state index in [1.165, 1.54) is 6.33 Å². The number of thioether (sulfide) groups is 1. The van der Waals surface area contributed by atoms with E-state index >= 15 is 0 Å². The van der Waals surface area contributed by atoms with Crippen LogP contribution in [0.4, 0.5) is 5.82 Å². The molecule has 0 radical (unpaired) electrons. The first-order chi connectivity index (χ1) is 10.5. The SMILES string of the molecule is CC1(C)O[C@@H]2[C@H](O1)[C@@H](CO)O[C@H]2C1CSc2c(N)ncnc21. The van der Waals surface area contributed by atoms with Crippen molar-refractivity contribution in [1.82, 2.24) is 9.97 Å². The van der Waals surface area contributed by atoms with E-state index in [1.54, 1.807) is 11.8 Å². The van der Waals surface area contributed by atoms with Crippen LogP contribution in [0.3, 0.4) is 0 Å². The van der Waals surface area contributed by atoms with Crippen LogP contribution in [0.5, 0.6) is 0 Å². The first-order valence-electron chi connectivity index (χ1n) is 7.35. The number of hydrogen-bond acceptors (Lipinski definition) is 8. The number of aliphatic hydroxyl groups excluding tert-OH is 1. The molecule has 0 bridgehead atoms. The lowest BCUT2D eigenvalue weighted by molar-refractivity contribution is -0.192. The van der Waals surface area contributed by atoms with Crippen molar-refractivity contribution in [2.45, 2.75) is 54.9 Å². The van der Waals surface area contributed by atoms with E-state index in [0.717, 1.165) is 16.3 Å². The van der Waals surface area contributed by atoms with Gasteiger partial charge >= 0.3 is 0 Å². The standard InChI is InChI=1S/C14H19N3O4S/c1-14(2)20-10-7(3-18)19-9(11(10)21-14)6-4-22-12-8(6)16-5-17-13(12)15/h5-7,9-11,18H,3-4H2,1-2H3,(H2,15,16,17)/t6?,7-,9+,10-,11+/m1/s1. The summed E-state index contributed by atoms with van der Waals surface area (Å²) >= 11 is 1.64. The Morgan fingerprint density at radius 1 is 1.32 bits per heavy atom. The minimum absolute atomic E-state index is 0.0619. The molecule has 3 aliphatic heterocycles. The Hall–Kier alpha value is -0.930. The highest BCUT2D eigenvalue weighted by atomic mass is 32.2. The fourth-order valence-corrected chi connectivity index (χ4v) is 4.75. The molecule has 0 saturated carbocycles. The molecule has 3 N–H and O–H groups in total. The number of hydrogen-bond donors (Lipinski definition) is 2. The van der Waals surface area contributed by atoms with Crippen LogP contribution in [0, 0.1) is 0 Å². The molecule has 5 atom stereocenters. The molecule has 0 amide bonds. The van der Waals surface area contributed by atoms with Gasteiger partial charge in [0, 0.05) is 11.7 Å². The topological polar surface area (TPSA) is 99.7 Å². The normalized spacial score (nSPS) is 39.0. The van der Waals surface area contributed by atoms with Crippen LogP contribution in [0.2, 0.25) is 0 Å². The van der Waals surface area contributed by atoms with Crippen molar-refractivity contribution in [2.24, 2.45) is 0 Å². The number of nitrogens with zero attached hydrogens (tertiary/aromatic N) is 2. The molecule has 2 fully saturated rings. The molecule has 1 aromatic rings. The van der Waals surface area contributed by atoms with E-state index in [2.05, 4.69) is 9.97 Å². The third-order valence-corrected chi connectivity index (χ3v) is 5.61. The largest absolute Gasteiger partial charge is 0.394 e. The van der Waals surface area contributed by atoms with Crippen LogP contribution in [-0.4, -0.2) is 57.6 Å². The fourth-order valence-electron chi connectivity index (χ4n) is 3.50. The second kappa shape index (κ2) is 5.04. The van der Waals surface area contributed by atoms with Crippen LogP contribution in [-0.2, 0) is 14.2 Å². The number of ether oxygens (including phenoxy) is 3. The molecule has 3 aliphatic rings. The zero-order valence-corrected chi connectivity index (χ0v) is 13.2. The molecule has 1 unspecified atom stereocenters. The molecule has 0 aromatic carbocycles. The maximum absolute atomic E-state index is 9.57. The van der Waals surface area contributed by atoms with Crippen LogP contribution >= 0.6 is 11.8 Å². The van der Waals surface area contributed by atoms with Gasteiger partial charge in [0.1, 0.15) is 30.5 Å². The second-order valence-electron chi connectivity index (χ2n) is 6.28. The van der Waals surface area contributed by atoms with Crippen LogP contribution in [0.25, 0.3) is 0 Å². The molecule has 0 aliphatic carbocycles. The maximum atomic E-state index is 9.57. The van der Waals surface area contributed by atoms with E-state index < -0.39 is 5.79 Å². The zero-order valence-electron chi connectivity index (χ0n) is 12.4. The van der Waals surface area contributed by atoms with Gasteiger partial charge in [0.05, 0.1) is 23.3 Å². The monoisotopic (exact) mass is 325 g/mol. The summed E-state index contributed by atoms with van der Waals surface area (Å²) in [6.07, 6.45) is 0.453. The zero-order chi connectivity index (χ0) is 15.5. The molecule has 4 heterocycles. The van der Waals surface area contributed by atoms with Gasteiger partial charge in [0.25, 0.3) is 0 Å². The van der Waals surface area contributed by atoms with Crippen LogP contribution in [0.15, 0.2) is 11.2 Å². The number of nitrogens with two attached hydrogens (primary N) is 1. The molecule has 0 spiro atoms. The van der Waals surface area contributed by atoms with Crippen molar-refractivity contribution in [3.8, 4) is 0 Å². The highest BCUT2D eigenvalue weighted by Crippen LogP contribution is 2.49.